The molecule has 0 fully saturated rings. The Morgan fingerprint density at radius 2 is 2.38 bits per heavy atom. The summed E-state index contributed by atoms with van der Waals surface area (Å²) in [5.74, 6) is 0. The fourth-order valence-electron chi connectivity index (χ4n) is 0.484. The van der Waals surface area contributed by atoms with Gasteiger partial charge in [0.1, 0.15) is 7.85 Å². The molecule has 2 heteroatoms. The molecule has 0 aliphatic heterocycles. The van der Waals surface area contributed by atoms with E-state index in [4.69, 9.17) is 7.85 Å². The number of hydrogen-bond donors (Lipinski definition) is 0. The van der Waals surface area contributed by atoms with Crippen molar-refractivity contribution in [1.82, 2.24) is 4.98 Å². The summed E-state index contributed by atoms with van der Waals surface area (Å²) in [6, 6.07) is 1.79. The second kappa shape index (κ2) is 1.99. The normalized spacial score (nSPS) is 9.12. The van der Waals surface area contributed by atoms with E-state index in [1.165, 1.54) is 0 Å². The predicted molar refractivity (Wildman–Crippen MR) is 34.4 cm³/mol. The van der Waals surface area contributed by atoms with Gasteiger partial charge >= 0.3 is 0 Å². The zero-order valence-corrected chi connectivity index (χ0v) is 4.76. The summed E-state index contributed by atoms with van der Waals surface area (Å²) in [6.45, 7) is 1.93. The summed E-state index contributed by atoms with van der Waals surface area (Å²) in [5.41, 5.74) is 1.84. The lowest BCUT2D eigenvalue weighted by atomic mass is 9.93. The maximum Gasteiger partial charge on any atom is 0.114 e. The van der Waals surface area contributed by atoms with Crippen LogP contribution >= 0.6 is 0 Å². The van der Waals surface area contributed by atoms with Crippen LogP contribution in [0.5, 0.6) is 0 Å². The van der Waals surface area contributed by atoms with E-state index in [0.717, 1.165) is 11.0 Å². The van der Waals surface area contributed by atoms with E-state index in [0.29, 0.717) is 0 Å². The first-order chi connectivity index (χ1) is 3.80. The Labute approximate surface area is 50.2 Å². The monoisotopic (exact) mass is 103 g/mol. The summed E-state index contributed by atoms with van der Waals surface area (Å²) >= 11 is 0. The minimum absolute atomic E-state index is 0.806. The molecule has 38 valence electrons. The van der Waals surface area contributed by atoms with E-state index in [2.05, 4.69) is 4.98 Å². The molecule has 0 aliphatic carbocycles. The third-order valence-corrected chi connectivity index (χ3v) is 1.06. The molecule has 0 unspecified atom stereocenters. The van der Waals surface area contributed by atoms with Gasteiger partial charge in [0.25, 0.3) is 0 Å². The third-order valence-electron chi connectivity index (χ3n) is 1.06. The topological polar surface area (TPSA) is 12.9 Å². The second-order valence-electron chi connectivity index (χ2n) is 1.73. The molecule has 1 nitrogen and oxygen atoms in total. The number of hydrogen-bond acceptors (Lipinski definition) is 1. The van der Waals surface area contributed by atoms with Gasteiger partial charge in [-0.25, -0.2) is 0 Å². The van der Waals surface area contributed by atoms with Crippen molar-refractivity contribution in [2.45, 2.75) is 6.92 Å². The van der Waals surface area contributed by atoms with Crippen LogP contribution in [0.15, 0.2) is 18.5 Å². The molecule has 0 atom stereocenters. The van der Waals surface area contributed by atoms with Gasteiger partial charge < -0.3 is 0 Å². The van der Waals surface area contributed by atoms with Crippen LogP contribution in [0.4, 0.5) is 0 Å². The van der Waals surface area contributed by atoms with E-state index in [9.17, 15) is 0 Å². The molecule has 0 aliphatic rings. The van der Waals surface area contributed by atoms with Crippen LogP contribution in [0.2, 0.25) is 0 Å². The molecule has 0 bridgehead atoms. The van der Waals surface area contributed by atoms with Crippen LogP contribution in [0.3, 0.4) is 0 Å². The lowest BCUT2D eigenvalue weighted by Gasteiger charge is -1.93. The fourth-order valence-corrected chi connectivity index (χ4v) is 0.484. The van der Waals surface area contributed by atoms with Gasteiger partial charge in [-0.15, -0.1) is 0 Å². The zero-order valence-electron chi connectivity index (χ0n) is 4.76. The molecule has 0 saturated carbocycles. The van der Waals surface area contributed by atoms with Crippen LogP contribution in [0, 0.1) is 6.92 Å². The first kappa shape index (κ1) is 5.35. The molecular weight excluding hydrogens is 96.9 g/mol. The quantitative estimate of drug-likeness (QED) is 0.427. The Balaban J connectivity index is 3.13. The van der Waals surface area contributed by atoms with Crippen molar-refractivity contribution in [2.75, 3.05) is 0 Å². The standard InChI is InChI=1S/C6H6BN/c1-5-4-8-3-2-6(5)7/h2-4H,1H3. The summed E-state index contributed by atoms with van der Waals surface area (Å²) in [6.07, 6.45) is 3.43. The van der Waals surface area contributed by atoms with Gasteiger partial charge in [0, 0.05) is 12.4 Å². The van der Waals surface area contributed by atoms with Gasteiger partial charge in [0.2, 0.25) is 0 Å². The predicted octanol–water partition coefficient (Wildman–Crippen LogP) is 0.184. The second-order valence-corrected chi connectivity index (χ2v) is 1.73. The van der Waals surface area contributed by atoms with Crippen molar-refractivity contribution >= 4 is 13.3 Å². The van der Waals surface area contributed by atoms with Crippen LogP contribution in [0.1, 0.15) is 5.56 Å². The summed E-state index contributed by atoms with van der Waals surface area (Å²) in [4.78, 5) is 3.87. The van der Waals surface area contributed by atoms with Crippen molar-refractivity contribution in [3.05, 3.63) is 24.0 Å². The van der Waals surface area contributed by atoms with Crippen molar-refractivity contribution in [3.8, 4) is 0 Å². The van der Waals surface area contributed by atoms with Crippen LogP contribution < -0.4 is 5.46 Å². The van der Waals surface area contributed by atoms with E-state index >= 15 is 0 Å². The highest BCUT2D eigenvalue weighted by Crippen LogP contribution is 1.84. The van der Waals surface area contributed by atoms with Gasteiger partial charge in [-0.05, 0) is 12.5 Å². The lowest BCUT2D eigenvalue weighted by molar-refractivity contribution is 1.29. The van der Waals surface area contributed by atoms with Crippen molar-refractivity contribution in [3.63, 3.8) is 0 Å². The maximum atomic E-state index is 5.48. The Hall–Kier alpha value is -0.785. The summed E-state index contributed by atoms with van der Waals surface area (Å²) in [5, 5.41) is 0. The van der Waals surface area contributed by atoms with Gasteiger partial charge in [0.15, 0.2) is 0 Å². The lowest BCUT2D eigenvalue weighted by Crippen LogP contribution is -2.05. The Morgan fingerprint density at radius 3 is 2.75 bits per heavy atom. The maximum absolute atomic E-state index is 5.48. The number of nitrogens with zero attached hydrogens (tertiary/aromatic N) is 1. The average molecular weight is 103 g/mol. The van der Waals surface area contributed by atoms with E-state index < -0.39 is 0 Å². The Bertz CT molecular complexity index is 165. The molecule has 0 saturated heterocycles. The number of aryl methyl sites for hydroxylation is 1. The molecule has 8 heavy (non-hydrogen) atoms. The molecule has 1 heterocycles. The molecule has 0 spiro atoms. The Kier molecular flexibility index (Phi) is 1.33. The molecule has 0 amide bonds. The van der Waals surface area contributed by atoms with Crippen LogP contribution in [-0.2, 0) is 0 Å². The van der Waals surface area contributed by atoms with Gasteiger partial charge in [-0.2, -0.15) is 0 Å². The number of aromatic nitrogens is 1. The minimum Gasteiger partial charge on any atom is -0.265 e. The zero-order chi connectivity index (χ0) is 5.98. The fraction of sp³-hybridized carbons (Fsp3) is 0.167. The van der Waals surface area contributed by atoms with E-state index in [1.54, 1.807) is 18.5 Å². The molecule has 0 N–H and O–H groups in total. The highest BCUT2D eigenvalue weighted by molar-refractivity contribution is 6.33. The van der Waals surface area contributed by atoms with E-state index in [1.807, 2.05) is 6.92 Å². The highest BCUT2D eigenvalue weighted by Gasteiger charge is 1.84. The molecule has 1 aromatic rings. The first-order valence-corrected chi connectivity index (χ1v) is 2.47. The van der Waals surface area contributed by atoms with Crippen LogP contribution in [-0.4, -0.2) is 12.8 Å². The molecular formula is C6H6BN. The molecule has 1 aromatic heterocycles. The molecule has 0 aromatic carbocycles. The number of pyridine rings is 1. The van der Waals surface area contributed by atoms with Crippen molar-refractivity contribution in [1.29, 1.82) is 0 Å². The summed E-state index contributed by atoms with van der Waals surface area (Å²) in [7, 11) is 5.48. The third kappa shape index (κ3) is 0.888. The molecule has 1 rings (SSSR count). The largest absolute Gasteiger partial charge is 0.265 e. The van der Waals surface area contributed by atoms with Crippen molar-refractivity contribution in [2.24, 2.45) is 0 Å². The SMILES string of the molecule is [B]c1ccncc1C. The molecule has 2 radical (unpaired) electrons. The van der Waals surface area contributed by atoms with Crippen LogP contribution in [0.25, 0.3) is 0 Å². The summed E-state index contributed by atoms with van der Waals surface area (Å²) < 4.78 is 0. The number of rotatable bonds is 0. The first-order valence-electron chi connectivity index (χ1n) is 2.47. The van der Waals surface area contributed by atoms with Gasteiger partial charge in [-0.1, -0.05) is 11.5 Å². The van der Waals surface area contributed by atoms with E-state index in [-0.39, 0.29) is 0 Å². The van der Waals surface area contributed by atoms with Crippen molar-refractivity contribution < 1.29 is 0 Å². The minimum atomic E-state index is 0.806. The average Bonchev–Trinajstić information content (AvgIpc) is 1.77. The van der Waals surface area contributed by atoms with Gasteiger partial charge in [-0.3, -0.25) is 4.98 Å². The van der Waals surface area contributed by atoms with Gasteiger partial charge in [0.05, 0.1) is 0 Å². The Morgan fingerprint density at radius 1 is 1.62 bits per heavy atom. The highest BCUT2D eigenvalue weighted by atomic mass is 14.6. The smallest absolute Gasteiger partial charge is 0.114 e.